The molecule has 1 fully saturated rings. The van der Waals surface area contributed by atoms with Crippen LogP contribution in [0.2, 0.25) is 0 Å². The van der Waals surface area contributed by atoms with Crippen LogP contribution in [0.3, 0.4) is 0 Å². The third kappa shape index (κ3) is 3.35. The minimum atomic E-state index is -0.296. The van der Waals surface area contributed by atoms with Crippen LogP contribution in [0.15, 0.2) is 0 Å². The molecular formula is C16H25N7O2. The zero-order valence-electron chi connectivity index (χ0n) is 15.3. The Kier molecular flexibility index (Phi) is 4.73. The maximum Gasteiger partial charge on any atom is 0.334 e. The van der Waals surface area contributed by atoms with Gasteiger partial charge in [-0.15, -0.1) is 0 Å². The summed E-state index contributed by atoms with van der Waals surface area (Å²) in [7, 11) is 1.79. The number of nitrogens with zero attached hydrogens (tertiary/aromatic N) is 7. The molecule has 1 aliphatic heterocycles. The van der Waals surface area contributed by atoms with Crippen molar-refractivity contribution >= 4 is 11.5 Å². The van der Waals surface area contributed by atoms with E-state index < -0.39 is 0 Å². The Balaban J connectivity index is 1.83. The van der Waals surface area contributed by atoms with Gasteiger partial charge in [-0.25, -0.2) is 14.3 Å². The lowest BCUT2D eigenvalue weighted by Gasteiger charge is -2.33. The highest BCUT2D eigenvalue weighted by atomic mass is 16.6. The van der Waals surface area contributed by atoms with Crippen molar-refractivity contribution in [2.45, 2.75) is 46.6 Å². The van der Waals surface area contributed by atoms with E-state index in [0.717, 1.165) is 44.1 Å². The van der Waals surface area contributed by atoms with E-state index in [2.05, 4.69) is 20.1 Å². The fourth-order valence-electron chi connectivity index (χ4n) is 3.72. The Morgan fingerprint density at radius 3 is 2.68 bits per heavy atom. The lowest BCUT2D eigenvalue weighted by atomic mass is 9.98. The molecule has 0 spiro atoms. The van der Waals surface area contributed by atoms with Gasteiger partial charge in [0.25, 0.3) is 0 Å². The number of hydrogen-bond donors (Lipinski definition) is 0. The average Bonchev–Trinajstić information content (AvgIpc) is 3.06. The monoisotopic (exact) mass is 347 g/mol. The molecule has 0 saturated carbocycles. The van der Waals surface area contributed by atoms with Gasteiger partial charge in [-0.05, 0) is 39.0 Å². The molecule has 3 rings (SSSR count). The molecule has 1 unspecified atom stereocenters. The van der Waals surface area contributed by atoms with Crippen molar-refractivity contribution in [1.29, 1.82) is 0 Å². The first kappa shape index (κ1) is 17.4. The second kappa shape index (κ2) is 6.81. The number of nitro groups is 1. The Labute approximate surface area is 146 Å². The fourth-order valence-corrected chi connectivity index (χ4v) is 3.72. The third-order valence-corrected chi connectivity index (χ3v) is 4.79. The summed E-state index contributed by atoms with van der Waals surface area (Å²) in [4.78, 5) is 17.7. The number of piperidine rings is 1. The van der Waals surface area contributed by atoms with Gasteiger partial charge in [-0.2, -0.15) is 10.2 Å². The summed E-state index contributed by atoms with van der Waals surface area (Å²) in [6, 6.07) is 0. The van der Waals surface area contributed by atoms with Crippen molar-refractivity contribution in [3.63, 3.8) is 0 Å². The normalized spacial score (nSPS) is 17.9. The van der Waals surface area contributed by atoms with Gasteiger partial charge in [0.15, 0.2) is 0 Å². The lowest BCUT2D eigenvalue weighted by molar-refractivity contribution is -0.384. The Morgan fingerprint density at radius 2 is 2.08 bits per heavy atom. The van der Waals surface area contributed by atoms with Crippen LogP contribution in [0.5, 0.6) is 0 Å². The Bertz CT molecular complexity index is 780. The molecule has 0 amide bonds. The highest BCUT2D eigenvalue weighted by Crippen LogP contribution is 2.34. The molecule has 0 aliphatic carbocycles. The lowest BCUT2D eigenvalue weighted by Crippen LogP contribution is -2.38. The summed E-state index contributed by atoms with van der Waals surface area (Å²) in [6.07, 6.45) is 2.64. The Hall–Kier alpha value is -2.45. The first-order valence-electron chi connectivity index (χ1n) is 8.74. The molecule has 0 aromatic carbocycles. The number of aryl methyl sites for hydroxylation is 4. The molecule has 25 heavy (non-hydrogen) atoms. The minimum absolute atomic E-state index is 0.151. The van der Waals surface area contributed by atoms with E-state index in [9.17, 15) is 10.1 Å². The smallest absolute Gasteiger partial charge is 0.334 e. The van der Waals surface area contributed by atoms with E-state index in [1.165, 1.54) is 0 Å². The van der Waals surface area contributed by atoms with Crippen LogP contribution in [0.4, 0.5) is 11.5 Å². The maximum atomic E-state index is 11.6. The highest BCUT2D eigenvalue weighted by Gasteiger charge is 2.32. The molecule has 2 aromatic heterocycles. The summed E-state index contributed by atoms with van der Waals surface area (Å²) in [6.45, 7) is 8.11. The van der Waals surface area contributed by atoms with E-state index in [0.29, 0.717) is 23.9 Å². The van der Waals surface area contributed by atoms with Crippen molar-refractivity contribution in [3.05, 3.63) is 27.5 Å². The van der Waals surface area contributed by atoms with Crippen LogP contribution >= 0.6 is 0 Å². The second-order valence-electron chi connectivity index (χ2n) is 6.70. The fraction of sp³-hybridized carbons (Fsp3) is 0.688. The predicted octanol–water partition coefficient (Wildman–Crippen LogP) is 2.02. The van der Waals surface area contributed by atoms with Gasteiger partial charge in [-0.3, -0.25) is 10.1 Å². The molecular weight excluding hydrogens is 322 g/mol. The molecule has 0 N–H and O–H groups in total. The SMILES string of the molecule is CCc1nn(C)c(N2CCCC(Cn3nc(C)nc3C)C2)c1[N+](=O)[O-]. The summed E-state index contributed by atoms with van der Waals surface area (Å²) < 4.78 is 3.60. The molecule has 9 nitrogen and oxygen atoms in total. The number of rotatable bonds is 5. The number of anilines is 1. The van der Waals surface area contributed by atoms with Crippen molar-refractivity contribution in [2.75, 3.05) is 18.0 Å². The second-order valence-corrected chi connectivity index (χ2v) is 6.70. The number of aromatic nitrogens is 5. The summed E-state index contributed by atoms with van der Waals surface area (Å²) in [5.41, 5.74) is 0.700. The maximum absolute atomic E-state index is 11.6. The van der Waals surface area contributed by atoms with Gasteiger partial charge < -0.3 is 4.90 Å². The first-order valence-corrected chi connectivity index (χ1v) is 8.74. The summed E-state index contributed by atoms with van der Waals surface area (Å²) >= 11 is 0. The van der Waals surface area contributed by atoms with Crippen LogP contribution in [0.25, 0.3) is 0 Å². The third-order valence-electron chi connectivity index (χ3n) is 4.79. The zero-order valence-corrected chi connectivity index (χ0v) is 15.3. The standard InChI is InChI=1S/C16H25N7O2/c1-5-14-15(23(24)25)16(20(4)19-14)21-8-6-7-13(9-21)10-22-12(3)17-11(2)18-22/h13H,5-10H2,1-4H3. The van der Waals surface area contributed by atoms with Crippen LogP contribution < -0.4 is 4.90 Å². The van der Waals surface area contributed by atoms with Gasteiger partial charge in [0.2, 0.25) is 5.82 Å². The van der Waals surface area contributed by atoms with Gasteiger partial charge in [0.05, 0.1) is 4.92 Å². The van der Waals surface area contributed by atoms with Crippen molar-refractivity contribution in [2.24, 2.45) is 13.0 Å². The molecule has 3 heterocycles. The zero-order chi connectivity index (χ0) is 18.1. The van der Waals surface area contributed by atoms with Gasteiger partial charge >= 0.3 is 5.69 Å². The van der Waals surface area contributed by atoms with Gasteiger partial charge in [-0.1, -0.05) is 6.92 Å². The Morgan fingerprint density at radius 1 is 1.32 bits per heavy atom. The van der Waals surface area contributed by atoms with E-state index in [1.54, 1.807) is 11.7 Å². The molecule has 2 aromatic rings. The quantitative estimate of drug-likeness (QED) is 0.606. The molecule has 1 atom stereocenters. The van der Waals surface area contributed by atoms with Crippen molar-refractivity contribution < 1.29 is 4.92 Å². The van der Waals surface area contributed by atoms with E-state index >= 15 is 0 Å². The summed E-state index contributed by atoms with van der Waals surface area (Å²) in [5, 5.41) is 20.4. The summed E-state index contributed by atoms with van der Waals surface area (Å²) in [5.74, 6) is 2.70. The largest absolute Gasteiger partial charge is 0.351 e. The minimum Gasteiger partial charge on any atom is -0.351 e. The molecule has 1 saturated heterocycles. The molecule has 9 heteroatoms. The van der Waals surface area contributed by atoms with Gasteiger partial charge in [0.1, 0.15) is 17.3 Å². The molecule has 0 bridgehead atoms. The van der Waals surface area contributed by atoms with Crippen LogP contribution in [-0.2, 0) is 20.0 Å². The highest BCUT2D eigenvalue weighted by molar-refractivity contribution is 5.61. The molecule has 1 aliphatic rings. The number of hydrogen-bond acceptors (Lipinski definition) is 6. The van der Waals surface area contributed by atoms with Gasteiger partial charge in [0, 0.05) is 26.7 Å². The molecule has 136 valence electrons. The van der Waals surface area contributed by atoms with E-state index in [4.69, 9.17) is 0 Å². The predicted molar refractivity (Wildman–Crippen MR) is 93.7 cm³/mol. The van der Waals surface area contributed by atoms with E-state index in [-0.39, 0.29) is 10.6 Å². The average molecular weight is 347 g/mol. The van der Waals surface area contributed by atoms with Crippen molar-refractivity contribution in [1.82, 2.24) is 24.5 Å². The first-order chi connectivity index (χ1) is 11.9. The van der Waals surface area contributed by atoms with Crippen LogP contribution in [0.1, 0.15) is 37.1 Å². The van der Waals surface area contributed by atoms with E-state index in [1.807, 2.05) is 25.5 Å². The van der Waals surface area contributed by atoms with Crippen molar-refractivity contribution in [3.8, 4) is 0 Å². The molecule has 0 radical (unpaired) electrons. The van der Waals surface area contributed by atoms with Crippen LogP contribution in [0, 0.1) is 29.9 Å². The topological polar surface area (TPSA) is 94.9 Å². The van der Waals surface area contributed by atoms with Crippen LogP contribution in [-0.4, -0.2) is 42.6 Å².